The molecule has 1 aromatic heterocycles. The monoisotopic (exact) mass is 298 g/mol. The number of aryl methyl sites for hydroxylation is 1. The summed E-state index contributed by atoms with van der Waals surface area (Å²) in [6, 6.07) is 11.7. The molecule has 0 aliphatic carbocycles. The molecule has 1 amide bonds. The van der Waals surface area contributed by atoms with Gasteiger partial charge in [-0.15, -0.1) is 0 Å². The van der Waals surface area contributed by atoms with Crippen LogP contribution in [0.5, 0.6) is 5.88 Å². The highest BCUT2D eigenvalue weighted by molar-refractivity contribution is 5.93. The van der Waals surface area contributed by atoms with Crippen LogP contribution in [0.4, 0.5) is 0 Å². The van der Waals surface area contributed by atoms with Gasteiger partial charge < -0.3 is 10.1 Å². The van der Waals surface area contributed by atoms with Gasteiger partial charge in [-0.1, -0.05) is 43.7 Å². The minimum Gasteiger partial charge on any atom is -0.481 e. The standard InChI is InChI=1S/C18H22N2O2/c1-13-6-5-7-15(10-13)18(2,3)12-20-17(21)14-8-9-16(22-4)19-11-14/h5-11H,12H2,1-4H3,(H,20,21). The van der Waals surface area contributed by atoms with Crippen molar-refractivity contribution in [2.45, 2.75) is 26.2 Å². The number of pyridine rings is 1. The van der Waals surface area contributed by atoms with Crippen LogP contribution < -0.4 is 10.1 Å². The highest BCUT2D eigenvalue weighted by Crippen LogP contribution is 2.23. The third kappa shape index (κ3) is 3.85. The van der Waals surface area contributed by atoms with Crippen molar-refractivity contribution in [2.24, 2.45) is 0 Å². The molecule has 0 bridgehead atoms. The average molecular weight is 298 g/mol. The maximum Gasteiger partial charge on any atom is 0.252 e. The van der Waals surface area contributed by atoms with Crippen molar-refractivity contribution in [1.82, 2.24) is 10.3 Å². The molecule has 2 aromatic rings. The number of carbonyl (C=O) groups is 1. The van der Waals surface area contributed by atoms with Gasteiger partial charge in [-0.2, -0.15) is 0 Å². The van der Waals surface area contributed by atoms with Crippen LogP contribution in [0.15, 0.2) is 42.6 Å². The Hall–Kier alpha value is -2.36. The number of rotatable bonds is 5. The molecule has 1 aromatic carbocycles. The second-order valence-electron chi connectivity index (χ2n) is 6.03. The Morgan fingerprint density at radius 2 is 2.05 bits per heavy atom. The number of aromatic nitrogens is 1. The fraction of sp³-hybridized carbons (Fsp3) is 0.333. The van der Waals surface area contributed by atoms with Crippen molar-refractivity contribution >= 4 is 5.91 Å². The quantitative estimate of drug-likeness (QED) is 0.922. The van der Waals surface area contributed by atoms with E-state index in [0.29, 0.717) is 18.0 Å². The van der Waals surface area contributed by atoms with Crippen LogP contribution in [0, 0.1) is 6.92 Å². The molecule has 0 saturated carbocycles. The Bertz CT molecular complexity index is 648. The first kappa shape index (κ1) is 16.0. The van der Waals surface area contributed by atoms with E-state index in [9.17, 15) is 4.79 Å². The molecule has 0 unspecified atom stereocenters. The average Bonchev–Trinajstić information content (AvgIpc) is 2.53. The van der Waals surface area contributed by atoms with Crippen molar-refractivity contribution in [2.75, 3.05) is 13.7 Å². The summed E-state index contributed by atoms with van der Waals surface area (Å²) in [5, 5.41) is 2.97. The molecule has 0 aliphatic rings. The lowest BCUT2D eigenvalue weighted by atomic mass is 9.84. The number of amides is 1. The predicted molar refractivity (Wildman–Crippen MR) is 87.3 cm³/mol. The smallest absolute Gasteiger partial charge is 0.252 e. The van der Waals surface area contributed by atoms with Crippen molar-refractivity contribution in [3.05, 3.63) is 59.3 Å². The molecule has 0 atom stereocenters. The molecule has 0 aliphatic heterocycles. The summed E-state index contributed by atoms with van der Waals surface area (Å²) in [7, 11) is 1.55. The molecule has 1 N–H and O–H groups in total. The molecule has 4 nitrogen and oxygen atoms in total. The van der Waals surface area contributed by atoms with Gasteiger partial charge in [-0.05, 0) is 18.6 Å². The van der Waals surface area contributed by atoms with Crippen molar-refractivity contribution in [1.29, 1.82) is 0 Å². The summed E-state index contributed by atoms with van der Waals surface area (Å²) in [5.74, 6) is 0.368. The molecule has 116 valence electrons. The number of ether oxygens (including phenoxy) is 1. The number of hydrogen-bond acceptors (Lipinski definition) is 3. The van der Waals surface area contributed by atoms with Gasteiger partial charge in [0.2, 0.25) is 5.88 Å². The minimum atomic E-state index is -0.137. The summed E-state index contributed by atoms with van der Waals surface area (Å²) < 4.78 is 4.99. The van der Waals surface area contributed by atoms with Crippen molar-refractivity contribution < 1.29 is 9.53 Å². The topological polar surface area (TPSA) is 51.2 Å². The van der Waals surface area contributed by atoms with Gasteiger partial charge in [-0.3, -0.25) is 4.79 Å². The number of methoxy groups -OCH3 is 1. The van der Waals surface area contributed by atoms with Gasteiger partial charge >= 0.3 is 0 Å². The van der Waals surface area contributed by atoms with E-state index >= 15 is 0 Å². The second-order valence-corrected chi connectivity index (χ2v) is 6.03. The molecule has 0 fully saturated rings. The normalized spacial score (nSPS) is 11.1. The van der Waals surface area contributed by atoms with Crippen molar-refractivity contribution in [3.8, 4) is 5.88 Å². The summed E-state index contributed by atoms with van der Waals surface area (Å²) >= 11 is 0. The lowest BCUT2D eigenvalue weighted by Gasteiger charge is -2.26. The third-order valence-electron chi connectivity index (χ3n) is 3.70. The molecular weight excluding hydrogens is 276 g/mol. The van der Waals surface area contributed by atoms with E-state index in [1.807, 2.05) is 6.07 Å². The van der Waals surface area contributed by atoms with Gasteiger partial charge in [0.15, 0.2) is 0 Å². The van der Waals surface area contributed by atoms with E-state index in [1.165, 1.54) is 17.3 Å². The summed E-state index contributed by atoms with van der Waals surface area (Å²) in [4.78, 5) is 16.2. The zero-order valence-corrected chi connectivity index (χ0v) is 13.5. The van der Waals surface area contributed by atoms with Crippen LogP contribution in [0.1, 0.15) is 35.3 Å². The maximum absolute atomic E-state index is 12.2. The summed E-state index contributed by atoms with van der Waals surface area (Å²) in [5.41, 5.74) is 2.82. The van der Waals surface area contributed by atoms with E-state index < -0.39 is 0 Å². The summed E-state index contributed by atoms with van der Waals surface area (Å²) in [6.45, 7) is 6.87. The molecule has 0 radical (unpaired) electrons. The highest BCUT2D eigenvalue weighted by Gasteiger charge is 2.21. The van der Waals surface area contributed by atoms with E-state index in [4.69, 9.17) is 4.74 Å². The molecular formula is C18H22N2O2. The Balaban J connectivity index is 2.02. The van der Waals surface area contributed by atoms with Gasteiger partial charge in [0.05, 0.1) is 12.7 Å². The first-order chi connectivity index (χ1) is 10.4. The second kappa shape index (κ2) is 6.60. The molecule has 2 rings (SSSR count). The fourth-order valence-electron chi connectivity index (χ4n) is 2.21. The van der Waals surface area contributed by atoms with Crippen LogP contribution in [0.3, 0.4) is 0 Å². The van der Waals surface area contributed by atoms with Crippen LogP contribution >= 0.6 is 0 Å². The minimum absolute atomic E-state index is 0.129. The van der Waals surface area contributed by atoms with Crippen LogP contribution in [0.25, 0.3) is 0 Å². The van der Waals surface area contributed by atoms with E-state index in [2.05, 4.69) is 49.3 Å². The van der Waals surface area contributed by atoms with Crippen molar-refractivity contribution in [3.63, 3.8) is 0 Å². The molecule has 1 heterocycles. The van der Waals surface area contributed by atoms with E-state index in [0.717, 1.165) is 0 Å². The lowest BCUT2D eigenvalue weighted by Crippen LogP contribution is -2.36. The zero-order chi connectivity index (χ0) is 16.2. The number of hydrogen-bond donors (Lipinski definition) is 1. The molecule has 0 saturated heterocycles. The number of benzene rings is 1. The van der Waals surface area contributed by atoms with E-state index in [1.54, 1.807) is 19.2 Å². The van der Waals surface area contributed by atoms with Gasteiger partial charge in [0.25, 0.3) is 5.91 Å². The van der Waals surface area contributed by atoms with Crippen LogP contribution in [-0.2, 0) is 5.41 Å². The molecule has 0 spiro atoms. The maximum atomic E-state index is 12.2. The van der Waals surface area contributed by atoms with E-state index in [-0.39, 0.29) is 11.3 Å². The third-order valence-corrected chi connectivity index (χ3v) is 3.70. The number of nitrogens with one attached hydrogen (secondary N) is 1. The fourth-order valence-corrected chi connectivity index (χ4v) is 2.21. The number of carbonyl (C=O) groups excluding carboxylic acids is 1. The Morgan fingerprint density at radius 3 is 2.64 bits per heavy atom. The number of nitrogens with zero attached hydrogens (tertiary/aromatic N) is 1. The molecule has 22 heavy (non-hydrogen) atoms. The lowest BCUT2D eigenvalue weighted by molar-refractivity contribution is 0.0945. The summed E-state index contributed by atoms with van der Waals surface area (Å²) in [6.07, 6.45) is 1.52. The van der Waals surface area contributed by atoms with Gasteiger partial charge in [0, 0.05) is 24.2 Å². The Morgan fingerprint density at radius 1 is 1.27 bits per heavy atom. The van der Waals surface area contributed by atoms with Gasteiger partial charge in [-0.25, -0.2) is 4.98 Å². The first-order valence-corrected chi connectivity index (χ1v) is 7.28. The molecule has 4 heteroatoms. The Kier molecular flexibility index (Phi) is 4.81. The predicted octanol–water partition coefficient (Wildman–Crippen LogP) is 3.11. The first-order valence-electron chi connectivity index (χ1n) is 7.28. The highest BCUT2D eigenvalue weighted by atomic mass is 16.5. The van der Waals surface area contributed by atoms with Gasteiger partial charge in [0.1, 0.15) is 0 Å². The SMILES string of the molecule is COc1ccc(C(=O)NCC(C)(C)c2cccc(C)c2)cn1. The zero-order valence-electron chi connectivity index (χ0n) is 13.5. The largest absolute Gasteiger partial charge is 0.481 e. The van der Waals surface area contributed by atoms with Crippen LogP contribution in [0.2, 0.25) is 0 Å². The Labute approximate surface area is 131 Å². The van der Waals surface area contributed by atoms with Crippen LogP contribution in [-0.4, -0.2) is 24.5 Å².